The van der Waals surface area contributed by atoms with Crippen LogP contribution in [0.5, 0.6) is 5.75 Å². The van der Waals surface area contributed by atoms with Crippen LogP contribution in [-0.4, -0.2) is 65.8 Å². The summed E-state index contributed by atoms with van der Waals surface area (Å²) in [6.07, 6.45) is 0.798. The molecule has 1 aromatic heterocycles. The topological polar surface area (TPSA) is 109 Å². The largest absolute Gasteiger partial charge is 0.483 e. The number of hydrogen-bond donors (Lipinski definition) is 1. The predicted octanol–water partition coefficient (Wildman–Crippen LogP) is 4.42. The molecule has 2 bridgehead atoms. The van der Waals surface area contributed by atoms with Crippen molar-refractivity contribution in [3.05, 3.63) is 72.6 Å². The Hall–Kier alpha value is -2.93. The Morgan fingerprint density at radius 3 is 2.52 bits per heavy atom. The number of ether oxygens (including phenoxy) is 2. The molecule has 7 atom stereocenters. The van der Waals surface area contributed by atoms with Gasteiger partial charge in [0.1, 0.15) is 5.75 Å². The average Bonchev–Trinajstić information content (AvgIpc) is 3.76. The normalized spacial score (nSPS) is 30.4. The zero-order valence-electron chi connectivity index (χ0n) is 23.9. The number of aromatic amines is 1. The number of halogens is 1. The van der Waals surface area contributed by atoms with Crippen LogP contribution < -0.4 is 14.5 Å². The number of imide groups is 1. The highest BCUT2D eigenvalue weighted by Crippen LogP contribution is 2.69. The first-order valence-corrected chi connectivity index (χ1v) is 17.4. The second-order valence-corrected chi connectivity index (χ2v) is 15.4. The molecular formula is C32H30BrN3O6S2. The molecule has 4 unspecified atom stereocenters. The molecule has 0 radical (unpaired) electrons. The van der Waals surface area contributed by atoms with Gasteiger partial charge >= 0.3 is 4.87 Å². The molecule has 2 aliphatic carbocycles. The van der Waals surface area contributed by atoms with Gasteiger partial charge in [0.2, 0.25) is 11.8 Å². The zero-order chi connectivity index (χ0) is 30.3. The molecule has 1 N–H and O–H groups in total. The molecule has 228 valence electrons. The molecule has 3 amide bonds. The van der Waals surface area contributed by atoms with Crippen LogP contribution in [0.4, 0.5) is 5.69 Å². The Labute approximate surface area is 270 Å². The van der Waals surface area contributed by atoms with Gasteiger partial charge in [0.25, 0.3) is 5.91 Å². The Morgan fingerprint density at radius 1 is 1.05 bits per heavy atom. The van der Waals surface area contributed by atoms with E-state index in [0.717, 1.165) is 31.9 Å². The van der Waals surface area contributed by atoms with E-state index in [1.165, 1.54) is 16.2 Å². The molecule has 4 heterocycles. The van der Waals surface area contributed by atoms with Crippen LogP contribution >= 0.6 is 39.0 Å². The molecule has 3 aromatic rings. The van der Waals surface area contributed by atoms with Gasteiger partial charge in [-0.2, -0.15) is 0 Å². The minimum Gasteiger partial charge on any atom is -0.483 e. The summed E-state index contributed by atoms with van der Waals surface area (Å²) < 4.78 is 12.5. The molecule has 2 saturated carbocycles. The van der Waals surface area contributed by atoms with Gasteiger partial charge in [-0.25, -0.2) is 0 Å². The maximum atomic E-state index is 14.1. The van der Waals surface area contributed by atoms with E-state index in [4.69, 9.17) is 9.47 Å². The van der Waals surface area contributed by atoms with Crippen molar-refractivity contribution in [3.63, 3.8) is 0 Å². The Balaban J connectivity index is 1.16. The van der Waals surface area contributed by atoms with Gasteiger partial charge < -0.3 is 19.4 Å². The summed E-state index contributed by atoms with van der Waals surface area (Å²) in [5.74, 6) is -0.693. The van der Waals surface area contributed by atoms with Crippen LogP contribution in [0.3, 0.4) is 0 Å². The number of aryl methyl sites for hydroxylation is 1. The van der Waals surface area contributed by atoms with Gasteiger partial charge in [0.05, 0.1) is 35.8 Å². The molecule has 9 nitrogen and oxygen atoms in total. The Kier molecular flexibility index (Phi) is 7.04. The first-order valence-electron chi connectivity index (χ1n) is 14.9. The lowest BCUT2D eigenvalue weighted by Crippen LogP contribution is -2.43. The fourth-order valence-electron chi connectivity index (χ4n) is 8.25. The fourth-order valence-corrected chi connectivity index (χ4v) is 11.5. The number of carbonyl (C=O) groups excluding carboxylic acids is 3. The van der Waals surface area contributed by atoms with Crippen LogP contribution in [0.2, 0.25) is 0 Å². The van der Waals surface area contributed by atoms with Crippen LogP contribution in [0.25, 0.3) is 0 Å². The molecule has 8 rings (SSSR count). The van der Waals surface area contributed by atoms with Gasteiger partial charge in [-0.3, -0.25) is 24.1 Å². The van der Waals surface area contributed by atoms with E-state index in [0.29, 0.717) is 37.7 Å². The maximum Gasteiger partial charge on any atom is 0.305 e. The summed E-state index contributed by atoms with van der Waals surface area (Å²) in [6, 6.07) is 13.3. The van der Waals surface area contributed by atoms with Crippen LogP contribution in [0, 0.1) is 36.5 Å². The number of carbonyl (C=O) groups is 3. The number of aromatic nitrogens is 1. The number of fused-ring (bicyclic) bond motifs is 9. The monoisotopic (exact) mass is 695 g/mol. The minimum atomic E-state index is -0.394. The lowest BCUT2D eigenvalue weighted by molar-refractivity contribution is -0.137. The van der Waals surface area contributed by atoms with Crippen molar-refractivity contribution in [2.75, 3.05) is 37.8 Å². The smallest absolute Gasteiger partial charge is 0.305 e. The van der Waals surface area contributed by atoms with E-state index in [2.05, 4.69) is 20.9 Å². The number of nitrogens with zero attached hydrogens (tertiary/aromatic N) is 2. The van der Waals surface area contributed by atoms with Crippen molar-refractivity contribution in [2.45, 2.75) is 29.5 Å². The van der Waals surface area contributed by atoms with Crippen molar-refractivity contribution >= 4 is 62.4 Å². The number of rotatable bonds is 5. The van der Waals surface area contributed by atoms with Crippen molar-refractivity contribution < 1.29 is 23.9 Å². The third-order valence-corrected chi connectivity index (χ3v) is 13.1. The van der Waals surface area contributed by atoms with Crippen LogP contribution in [0.1, 0.15) is 28.3 Å². The zero-order valence-corrected chi connectivity index (χ0v) is 27.1. The molecular weight excluding hydrogens is 666 g/mol. The van der Waals surface area contributed by atoms with Gasteiger partial charge in [0, 0.05) is 39.2 Å². The molecule has 3 aliphatic heterocycles. The van der Waals surface area contributed by atoms with Crippen molar-refractivity contribution in [1.29, 1.82) is 0 Å². The number of nitrogens with one attached hydrogen (secondary N) is 1. The first kappa shape index (κ1) is 28.5. The van der Waals surface area contributed by atoms with Crippen molar-refractivity contribution in [1.82, 2.24) is 9.88 Å². The summed E-state index contributed by atoms with van der Waals surface area (Å²) in [7, 11) is 0. The number of thioether (sulfide) groups is 1. The second kappa shape index (κ2) is 10.9. The summed E-state index contributed by atoms with van der Waals surface area (Å²) in [4.78, 5) is 60.7. The second-order valence-electron chi connectivity index (χ2n) is 12.3. The SMILES string of the molecule is Cc1ccc(N2C(=O)C3C(C2=O)[C@@H]2C[C@H]3C3Sc4[nH]c(=O)sc4[C@H](c4cc(Br)ccc4OCC(=O)N4CCOCC4)C32)cc1. The Bertz CT molecular complexity index is 1730. The summed E-state index contributed by atoms with van der Waals surface area (Å²) in [5, 5.41) is 0.887. The lowest BCUT2D eigenvalue weighted by Gasteiger charge is -2.43. The average molecular weight is 697 g/mol. The van der Waals surface area contributed by atoms with Crippen molar-refractivity contribution in [2.24, 2.45) is 29.6 Å². The quantitative estimate of drug-likeness (QED) is 0.394. The fraction of sp³-hybridized carbons (Fsp3) is 0.438. The third-order valence-electron chi connectivity index (χ3n) is 10.0. The third kappa shape index (κ3) is 4.43. The van der Waals surface area contributed by atoms with E-state index in [-0.39, 0.29) is 64.0 Å². The van der Waals surface area contributed by atoms with Crippen LogP contribution in [-0.2, 0) is 19.1 Å². The summed E-state index contributed by atoms with van der Waals surface area (Å²) >= 11 is 6.50. The highest BCUT2D eigenvalue weighted by molar-refractivity contribution is 9.10. The molecule has 12 heteroatoms. The number of hydrogen-bond acceptors (Lipinski definition) is 8. The summed E-state index contributed by atoms with van der Waals surface area (Å²) in [5.41, 5.74) is 2.58. The van der Waals surface area contributed by atoms with E-state index >= 15 is 0 Å². The Morgan fingerprint density at radius 2 is 1.77 bits per heavy atom. The number of H-pyrrole nitrogens is 1. The van der Waals surface area contributed by atoms with Crippen LogP contribution in [0.15, 0.2) is 56.8 Å². The highest BCUT2D eigenvalue weighted by Gasteiger charge is 2.69. The predicted molar refractivity (Wildman–Crippen MR) is 169 cm³/mol. The molecule has 4 fully saturated rings. The summed E-state index contributed by atoms with van der Waals surface area (Å²) in [6.45, 7) is 3.99. The molecule has 44 heavy (non-hydrogen) atoms. The molecule has 2 aromatic carbocycles. The van der Waals surface area contributed by atoms with Crippen molar-refractivity contribution in [3.8, 4) is 5.75 Å². The van der Waals surface area contributed by atoms with Gasteiger partial charge in [-0.15, -0.1) is 11.8 Å². The molecule has 5 aliphatic rings. The first-order chi connectivity index (χ1) is 21.3. The number of anilines is 1. The molecule has 0 spiro atoms. The van der Waals surface area contributed by atoms with E-state index in [1.807, 2.05) is 49.4 Å². The maximum absolute atomic E-state index is 14.1. The van der Waals surface area contributed by atoms with E-state index < -0.39 is 5.92 Å². The highest BCUT2D eigenvalue weighted by atomic mass is 79.9. The van der Waals surface area contributed by atoms with Gasteiger partial charge in [-0.1, -0.05) is 45.0 Å². The van der Waals surface area contributed by atoms with E-state index in [1.54, 1.807) is 16.7 Å². The van der Waals surface area contributed by atoms with E-state index in [9.17, 15) is 19.2 Å². The molecule has 2 saturated heterocycles. The van der Waals surface area contributed by atoms with Gasteiger partial charge in [-0.05, 0) is 61.4 Å². The number of thiazole rings is 1. The lowest BCUT2D eigenvalue weighted by atomic mass is 9.68. The van der Waals surface area contributed by atoms with Gasteiger partial charge in [0.15, 0.2) is 6.61 Å². The standard InChI is InChI=1S/C32H30BrN3O6S2/c1-15-2-5-17(6-3-15)36-30(38)25-19-13-20(26(25)31(36)39)27-24(19)23(28-29(43-27)34-32(40)44-28)18-12-16(33)4-7-21(18)42-14-22(37)35-8-10-41-11-9-35/h2-7,12,19-20,23-27H,8-11,13-14H2,1H3,(H,34,40)/t19-,20-,23-,24?,25?,26?,27?/m1/s1. The minimum absolute atomic E-state index is 0.0189. The number of benzene rings is 2. The number of amides is 3. The number of morpholine rings is 1.